The summed E-state index contributed by atoms with van der Waals surface area (Å²) in [7, 11) is 0. The van der Waals surface area contributed by atoms with Gasteiger partial charge in [0.1, 0.15) is 13.2 Å². The van der Waals surface area contributed by atoms with Crippen molar-refractivity contribution in [2.24, 2.45) is 0 Å². The summed E-state index contributed by atoms with van der Waals surface area (Å²) in [4.78, 5) is 0. The summed E-state index contributed by atoms with van der Waals surface area (Å²) in [6.45, 7) is 4.15. The molecule has 0 spiro atoms. The largest absolute Gasteiger partial charge is 0.486 e. The van der Waals surface area contributed by atoms with Crippen molar-refractivity contribution in [2.45, 2.75) is 19.1 Å². The summed E-state index contributed by atoms with van der Waals surface area (Å²) < 4.78 is 11.1. The van der Waals surface area contributed by atoms with Gasteiger partial charge in [-0.3, -0.25) is 0 Å². The Hall–Kier alpha value is -2.04. The highest BCUT2D eigenvalue weighted by atomic mass is 16.6. The Morgan fingerprint density at radius 3 is 2.55 bits per heavy atom. The third-order valence-corrected chi connectivity index (χ3v) is 3.80. The molecule has 0 bridgehead atoms. The predicted molar refractivity (Wildman–Crippen MR) is 85.2 cm³/mol. The number of hydrogen-bond acceptors (Lipinski definition) is 4. The smallest absolute Gasteiger partial charge is 0.161 e. The number of rotatable bonds is 5. The van der Waals surface area contributed by atoms with Gasteiger partial charge in [-0.25, -0.2) is 0 Å². The Labute approximate surface area is 130 Å². The lowest BCUT2D eigenvalue weighted by Gasteiger charge is -2.24. The first kappa shape index (κ1) is 14.9. The molecule has 0 radical (unpaired) electrons. The minimum atomic E-state index is -0.894. The van der Waals surface area contributed by atoms with Crippen LogP contribution in [0.25, 0.3) is 0 Å². The molecular formula is C18H21NO3. The van der Waals surface area contributed by atoms with E-state index in [0.29, 0.717) is 26.3 Å². The van der Waals surface area contributed by atoms with E-state index in [1.54, 1.807) is 0 Å². The molecule has 1 heterocycles. The third-order valence-electron chi connectivity index (χ3n) is 3.80. The molecule has 2 N–H and O–H groups in total. The van der Waals surface area contributed by atoms with Crippen LogP contribution in [0.5, 0.6) is 11.5 Å². The summed E-state index contributed by atoms with van der Waals surface area (Å²) in [5, 5.41) is 13.8. The molecule has 1 aliphatic heterocycles. The Morgan fingerprint density at radius 2 is 1.77 bits per heavy atom. The van der Waals surface area contributed by atoms with Crippen LogP contribution < -0.4 is 14.8 Å². The van der Waals surface area contributed by atoms with E-state index in [2.05, 4.69) is 5.32 Å². The zero-order chi connectivity index (χ0) is 15.4. The van der Waals surface area contributed by atoms with Gasteiger partial charge in [0.05, 0.1) is 5.60 Å². The predicted octanol–water partition coefficient (Wildman–Crippen LogP) is 2.46. The van der Waals surface area contributed by atoms with Crippen LogP contribution in [-0.2, 0) is 12.1 Å². The number of ether oxygens (including phenoxy) is 2. The maximum Gasteiger partial charge on any atom is 0.161 e. The molecule has 0 saturated heterocycles. The van der Waals surface area contributed by atoms with Crippen LogP contribution >= 0.6 is 0 Å². The second kappa shape index (κ2) is 6.38. The molecular weight excluding hydrogens is 278 g/mol. The molecule has 0 fully saturated rings. The maximum atomic E-state index is 10.5. The van der Waals surface area contributed by atoms with Crippen molar-refractivity contribution < 1.29 is 14.6 Å². The van der Waals surface area contributed by atoms with Gasteiger partial charge in [0.25, 0.3) is 0 Å². The van der Waals surface area contributed by atoms with Gasteiger partial charge in [-0.05, 0) is 30.2 Å². The van der Waals surface area contributed by atoms with E-state index in [0.717, 1.165) is 22.6 Å². The van der Waals surface area contributed by atoms with E-state index in [1.807, 2.05) is 55.5 Å². The standard InChI is InChI=1S/C18H21NO3/c1-18(20,15-5-3-2-4-6-15)13-19-12-14-7-8-16-17(11-14)22-10-9-21-16/h2-8,11,19-20H,9-10,12-13H2,1H3. The Balaban J connectivity index is 1.59. The van der Waals surface area contributed by atoms with Crippen molar-refractivity contribution in [3.63, 3.8) is 0 Å². The second-order valence-corrected chi connectivity index (χ2v) is 5.72. The van der Waals surface area contributed by atoms with Gasteiger partial charge in [0.2, 0.25) is 0 Å². The van der Waals surface area contributed by atoms with E-state index in [-0.39, 0.29) is 0 Å². The van der Waals surface area contributed by atoms with Crippen LogP contribution in [0.1, 0.15) is 18.1 Å². The number of hydrogen-bond donors (Lipinski definition) is 2. The van der Waals surface area contributed by atoms with E-state index in [9.17, 15) is 5.11 Å². The summed E-state index contributed by atoms with van der Waals surface area (Å²) in [5.41, 5.74) is 1.12. The fourth-order valence-electron chi connectivity index (χ4n) is 2.55. The summed E-state index contributed by atoms with van der Waals surface area (Å²) in [5.74, 6) is 1.59. The lowest BCUT2D eigenvalue weighted by molar-refractivity contribution is 0.0566. The number of benzene rings is 2. The second-order valence-electron chi connectivity index (χ2n) is 5.72. The first-order chi connectivity index (χ1) is 10.6. The number of aliphatic hydroxyl groups is 1. The summed E-state index contributed by atoms with van der Waals surface area (Å²) in [6, 6.07) is 15.6. The van der Waals surface area contributed by atoms with Crippen LogP contribution in [0.4, 0.5) is 0 Å². The summed E-state index contributed by atoms with van der Waals surface area (Å²) in [6.07, 6.45) is 0. The maximum absolute atomic E-state index is 10.5. The fraction of sp³-hybridized carbons (Fsp3) is 0.333. The normalized spacial score (nSPS) is 16.1. The van der Waals surface area contributed by atoms with Crippen molar-refractivity contribution in [3.8, 4) is 11.5 Å². The molecule has 0 saturated carbocycles. The van der Waals surface area contributed by atoms with Crippen molar-refractivity contribution in [1.82, 2.24) is 5.32 Å². The van der Waals surface area contributed by atoms with Gasteiger partial charge in [0, 0.05) is 13.1 Å². The molecule has 4 heteroatoms. The first-order valence-corrected chi connectivity index (χ1v) is 7.52. The Kier molecular flexibility index (Phi) is 4.32. The molecule has 116 valence electrons. The van der Waals surface area contributed by atoms with Crippen molar-refractivity contribution in [3.05, 3.63) is 59.7 Å². The van der Waals surface area contributed by atoms with Crippen LogP contribution in [-0.4, -0.2) is 24.9 Å². The number of fused-ring (bicyclic) bond motifs is 1. The van der Waals surface area contributed by atoms with Crippen LogP contribution in [0.15, 0.2) is 48.5 Å². The van der Waals surface area contributed by atoms with Crippen molar-refractivity contribution in [1.29, 1.82) is 0 Å². The lowest BCUT2D eigenvalue weighted by Crippen LogP contribution is -2.35. The molecule has 4 nitrogen and oxygen atoms in total. The first-order valence-electron chi connectivity index (χ1n) is 7.52. The zero-order valence-electron chi connectivity index (χ0n) is 12.7. The van der Waals surface area contributed by atoms with Crippen LogP contribution in [0.2, 0.25) is 0 Å². The van der Waals surface area contributed by atoms with E-state index < -0.39 is 5.60 Å². The van der Waals surface area contributed by atoms with E-state index in [1.165, 1.54) is 0 Å². The molecule has 0 aliphatic carbocycles. The third kappa shape index (κ3) is 3.40. The fourth-order valence-corrected chi connectivity index (χ4v) is 2.55. The molecule has 22 heavy (non-hydrogen) atoms. The van der Waals surface area contributed by atoms with Crippen LogP contribution in [0.3, 0.4) is 0 Å². The molecule has 1 atom stereocenters. The van der Waals surface area contributed by atoms with Gasteiger partial charge in [-0.2, -0.15) is 0 Å². The molecule has 0 amide bonds. The molecule has 1 aliphatic rings. The van der Waals surface area contributed by atoms with Gasteiger partial charge < -0.3 is 19.9 Å². The quantitative estimate of drug-likeness (QED) is 0.890. The zero-order valence-corrected chi connectivity index (χ0v) is 12.7. The van der Waals surface area contributed by atoms with Crippen LogP contribution in [0, 0.1) is 0 Å². The monoisotopic (exact) mass is 299 g/mol. The highest BCUT2D eigenvalue weighted by Gasteiger charge is 2.22. The topological polar surface area (TPSA) is 50.7 Å². The SMILES string of the molecule is CC(O)(CNCc1ccc2c(c1)OCCO2)c1ccccc1. The summed E-state index contributed by atoms with van der Waals surface area (Å²) >= 11 is 0. The van der Waals surface area contributed by atoms with E-state index >= 15 is 0 Å². The van der Waals surface area contributed by atoms with Gasteiger partial charge in [-0.15, -0.1) is 0 Å². The Bertz CT molecular complexity index is 625. The highest BCUT2D eigenvalue weighted by molar-refractivity contribution is 5.43. The molecule has 2 aromatic rings. The number of nitrogens with one attached hydrogen (secondary N) is 1. The minimum absolute atomic E-state index is 0.478. The average Bonchev–Trinajstić information content (AvgIpc) is 2.55. The van der Waals surface area contributed by atoms with E-state index in [4.69, 9.17) is 9.47 Å². The van der Waals surface area contributed by atoms with Gasteiger partial charge in [-0.1, -0.05) is 36.4 Å². The van der Waals surface area contributed by atoms with Gasteiger partial charge in [0.15, 0.2) is 11.5 Å². The van der Waals surface area contributed by atoms with Crippen molar-refractivity contribution in [2.75, 3.05) is 19.8 Å². The average molecular weight is 299 g/mol. The van der Waals surface area contributed by atoms with Crippen molar-refractivity contribution >= 4 is 0 Å². The van der Waals surface area contributed by atoms with Gasteiger partial charge >= 0.3 is 0 Å². The molecule has 1 unspecified atom stereocenters. The molecule has 0 aromatic heterocycles. The minimum Gasteiger partial charge on any atom is -0.486 e. The lowest BCUT2D eigenvalue weighted by atomic mass is 9.96. The Morgan fingerprint density at radius 1 is 1.05 bits per heavy atom. The highest BCUT2D eigenvalue weighted by Crippen LogP contribution is 2.30. The molecule has 3 rings (SSSR count). The molecule has 2 aromatic carbocycles.